The minimum atomic E-state index is 0.656. The summed E-state index contributed by atoms with van der Waals surface area (Å²) in [6.07, 6.45) is 0. The SMILES string of the molecule is N#Cc1ccc2c3c(cccc13)Oc1cc(-c3ccc(-c4cc5c6ccccc6c(-c6cccc7ccccc67)cc5c5ccccc45)c4ccccc34)ccc1-2.N#Cc1ccc2c3c(cccc13)Oc1cc(-c3ccc(-c4cc5c6ccccc6c(-c6ccccc6)cc5c5ccccc45)c4ccccc34)ccc1-2. The molecule has 0 bridgehead atoms. The molecule has 0 fully saturated rings. The zero-order valence-corrected chi connectivity index (χ0v) is 59.4. The third-order valence-corrected chi connectivity index (χ3v) is 23.2. The van der Waals surface area contributed by atoms with E-state index in [-0.39, 0.29) is 0 Å². The van der Waals surface area contributed by atoms with Gasteiger partial charge in [0.15, 0.2) is 0 Å². The van der Waals surface area contributed by atoms with Gasteiger partial charge in [-0.1, -0.05) is 291 Å². The average molecular weight is 1390 g/mol. The van der Waals surface area contributed by atoms with Crippen LogP contribution in [0.3, 0.4) is 0 Å². The second kappa shape index (κ2) is 24.8. The molecular formula is C106H60N2O2. The van der Waals surface area contributed by atoms with Crippen molar-refractivity contribution in [2.24, 2.45) is 0 Å². The number of nitrogens with zero attached hydrogens (tertiary/aromatic N) is 2. The first-order valence-electron chi connectivity index (χ1n) is 37.4. The van der Waals surface area contributed by atoms with Crippen LogP contribution in [0.2, 0.25) is 0 Å². The van der Waals surface area contributed by atoms with Crippen LogP contribution in [0.15, 0.2) is 364 Å². The smallest absolute Gasteiger partial charge is 0.135 e. The molecule has 0 saturated heterocycles. The minimum Gasteiger partial charge on any atom is -0.456 e. The monoisotopic (exact) mass is 1390 g/mol. The quantitative estimate of drug-likeness (QED) is 0.156. The van der Waals surface area contributed by atoms with Gasteiger partial charge in [0.25, 0.3) is 0 Å². The van der Waals surface area contributed by atoms with Crippen LogP contribution in [0, 0.1) is 22.7 Å². The van der Waals surface area contributed by atoms with Crippen LogP contribution in [-0.4, -0.2) is 0 Å². The van der Waals surface area contributed by atoms with E-state index in [1.807, 2.05) is 48.5 Å². The molecule has 0 aromatic heterocycles. The topological polar surface area (TPSA) is 66.0 Å². The summed E-state index contributed by atoms with van der Waals surface area (Å²) in [4.78, 5) is 0. The summed E-state index contributed by atoms with van der Waals surface area (Å²) in [5.74, 6) is 3.21. The highest BCUT2D eigenvalue weighted by atomic mass is 16.5. The van der Waals surface area contributed by atoms with Gasteiger partial charge in [0.2, 0.25) is 0 Å². The minimum absolute atomic E-state index is 0.656. The Morgan fingerprint density at radius 3 is 0.891 bits per heavy atom. The number of fused-ring (bicyclic) bond motifs is 17. The van der Waals surface area contributed by atoms with Gasteiger partial charge in [-0.15, -0.1) is 0 Å². The van der Waals surface area contributed by atoms with Crippen molar-refractivity contribution in [2.75, 3.05) is 0 Å². The summed E-state index contributed by atoms with van der Waals surface area (Å²) in [7, 11) is 0. The fraction of sp³-hybridized carbons (Fsp3) is 0. The Kier molecular flexibility index (Phi) is 14.1. The predicted octanol–water partition coefficient (Wildman–Crippen LogP) is 29.3. The maximum Gasteiger partial charge on any atom is 0.135 e. The van der Waals surface area contributed by atoms with E-state index in [0.29, 0.717) is 11.1 Å². The summed E-state index contributed by atoms with van der Waals surface area (Å²) in [5, 5.41) is 45.6. The van der Waals surface area contributed by atoms with Gasteiger partial charge in [0.1, 0.15) is 23.0 Å². The van der Waals surface area contributed by atoms with Crippen molar-refractivity contribution in [3.63, 3.8) is 0 Å². The molecule has 2 aliphatic heterocycles. The molecule has 21 aromatic carbocycles. The van der Waals surface area contributed by atoms with E-state index < -0.39 is 0 Å². The normalized spacial score (nSPS) is 11.9. The molecule has 506 valence electrons. The van der Waals surface area contributed by atoms with Crippen molar-refractivity contribution in [3.05, 3.63) is 375 Å². The second-order valence-corrected chi connectivity index (χ2v) is 28.9. The van der Waals surface area contributed by atoms with Crippen LogP contribution in [0.5, 0.6) is 23.0 Å². The summed E-state index contributed by atoms with van der Waals surface area (Å²) in [6.45, 7) is 0. The van der Waals surface area contributed by atoms with E-state index in [9.17, 15) is 10.5 Å². The van der Waals surface area contributed by atoms with E-state index in [1.54, 1.807) is 0 Å². The lowest BCUT2D eigenvalue weighted by molar-refractivity contribution is 0.487. The molecule has 110 heavy (non-hydrogen) atoms. The third kappa shape index (κ3) is 9.64. The van der Waals surface area contributed by atoms with Crippen LogP contribution < -0.4 is 9.47 Å². The van der Waals surface area contributed by atoms with Crippen LogP contribution in [0.1, 0.15) is 11.1 Å². The number of hydrogen-bond acceptors (Lipinski definition) is 4. The molecule has 2 heterocycles. The van der Waals surface area contributed by atoms with Crippen molar-refractivity contribution in [2.45, 2.75) is 0 Å². The molecule has 21 aromatic rings. The van der Waals surface area contributed by atoms with Gasteiger partial charge >= 0.3 is 0 Å². The summed E-state index contributed by atoms with van der Waals surface area (Å²) in [6, 6.07) is 135. The van der Waals surface area contributed by atoms with Crippen LogP contribution in [-0.2, 0) is 0 Å². The van der Waals surface area contributed by atoms with E-state index in [4.69, 9.17) is 9.47 Å². The van der Waals surface area contributed by atoms with Crippen molar-refractivity contribution >= 4 is 118 Å². The van der Waals surface area contributed by atoms with Gasteiger partial charge in [-0.05, 0) is 248 Å². The average Bonchev–Trinajstić information content (AvgIpc) is 0.713. The Labute approximate surface area is 633 Å². The standard InChI is InChI=1S/C55H31NO.C51H29NO/c56-32-35-24-26-48-47-25-23-34(29-54(47)57-53-22-10-20-38(35)55(48)53)37-27-28-46(41-15-4-3-14-39(37)41)50-31-52-44-18-7-5-16-42(44)49(30-51(52)45-19-8-6-17-43(45)50)40-21-9-12-33-11-1-2-13-36(33)40;52-30-33-22-24-44-43-23-21-32(27-50(43)53-49-20-10-19-35(33)51(44)49)34-25-26-42(37-14-5-4-13-36(34)37)46-29-48-39-16-7-6-15-38(39)45(31-11-2-1-3-12-31)28-47(48)41-18-9-8-17-40(41)46/h1-31H;1-29H. The maximum atomic E-state index is 9.77. The Morgan fingerprint density at radius 1 is 0.164 bits per heavy atom. The molecule has 4 nitrogen and oxygen atoms in total. The number of benzene rings is 21. The first-order valence-corrected chi connectivity index (χ1v) is 37.4. The Balaban J connectivity index is 0.000000136. The lowest BCUT2D eigenvalue weighted by atomic mass is 9.85. The molecule has 2 aliphatic rings. The van der Waals surface area contributed by atoms with Crippen molar-refractivity contribution in [3.8, 4) is 124 Å². The molecule has 0 atom stereocenters. The van der Waals surface area contributed by atoms with Crippen molar-refractivity contribution in [1.29, 1.82) is 10.5 Å². The van der Waals surface area contributed by atoms with Crippen molar-refractivity contribution < 1.29 is 9.47 Å². The Hall–Kier alpha value is -14.9. The van der Waals surface area contributed by atoms with Gasteiger partial charge in [0, 0.05) is 32.7 Å². The predicted molar refractivity (Wildman–Crippen MR) is 459 cm³/mol. The first-order chi connectivity index (χ1) is 54.5. The van der Waals surface area contributed by atoms with Crippen LogP contribution >= 0.6 is 0 Å². The Morgan fingerprint density at radius 2 is 0.464 bits per heavy atom. The largest absolute Gasteiger partial charge is 0.456 e. The second-order valence-electron chi connectivity index (χ2n) is 28.9. The molecular weight excluding hydrogens is 1330 g/mol. The van der Waals surface area contributed by atoms with E-state index in [0.717, 1.165) is 89.1 Å². The number of ether oxygens (including phenoxy) is 2. The van der Waals surface area contributed by atoms with Gasteiger partial charge in [-0.3, -0.25) is 0 Å². The molecule has 0 unspecified atom stereocenters. The summed E-state index contributed by atoms with van der Waals surface area (Å²) >= 11 is 0. The van der Waals surface area contributed by atoms with Crippen LogP contribution in [0.25, 0.3) is 208 Å². The zero-order valence-electron chi connectivity index (χ0n) is 59.4. The van der Waals surface area contributed by atoms with E-state index in [1.165, 1.54) is 141 Å². The number of rotatable bonds is 6. The lowest BCUT2D eigenvalue weighted by Gasteiger charge is -2.23. The molecule has 0 spiro atoms. The van der Waals surface area contributed by atoms with E-state index in [2.05, 4.69) is 328 Å². The molecule has 0 N–H and O–H groups in total. The molecule has 0 radical (unpaired) electrons. The third-order valence-electron chi connectivity index (χ3n) is 23.2. The molecule has 4 heteroatoms. The zero-order chi connectivity index (χ0) is 72.7. The highest BCUT2D eigenvalue weighted by Crippen LogP contribution is 2.53. The number of hydrogen-bond donors (Lipinski definition) is 0. The van der Waals surface area contributed by atoms with Gasteiger partial charge in [-0.2, -0.15) is 10.5 Å². The first kappa shape index (κ1) is 62.4. The molecule has 23 rings (SSSR count). The van der Waals surface area contributed by atoms with E-state index >= 15 is 0 Å². The van der Waals surface area contributed by atoms with Crippen LogP contribution in [0.4, 0.5) is 0 Å². The maximum absolute atomic E-state index is 9.77. The highest BCUT2D eigenvalue weighted by molar-refractivity contribution is 6.28. The fourth-order valence-electron chi connectivity index (χ4n) is 18.2. The van der Waals surface area contributed by atoms with Gasteiger partial charge < -0.3 is 9.47 Å². The summed E-state index contributed by atoms with van der Waals surface area (Å²) in [5.41, 5.74) is 19.9. The van der Waals surface area contributed by atoms with Gasteiger partial charge in [0.05, 0.1) is 23.3 Å². The highest BCUT2D eigenvalue weighted by Gasteiger charge is 2.27. The van der Waals surface area contributed by atoms with Gasteiger partial charge in [-0.25, -0.2) is 0 Å². The molecule has 0 amide bonds. The lowest BCUT2D eigenvalue weighted by Crippen LogP contribution is -1.98. The Bertz CT molecular complexity index is 7680. The number of nitriles is 2. The fourth-order valence-corrected chi connectivity index (χ4v) is 18.2. The summed E-state index contributed by atoms with van der Waals surface area (Å²) < 4.78 is 13.2. The molecule has 0 aliphatic carbocycles. The van der Waals surface area contributed by atoms with Crippen molar-refractivity contribution in [1.82, 2.24) is 0 Å². The molecule has 0 saturated carbocycles.